The predicted octanol–water partition coefficient (Wildman–Crippen LogP) is 0.568. The first-order valence-corrected chi connectivity index (χ1v) is 3.24. The van der Waals surface area contributed by atoms with Crippen molar-refractivity contribution in [3.05, 3.63) is 35.4 Å². The summed E-state index contributed by atoms with van der Waals surface area (Å²) in [5, 5.41) is 2.20. The molecule has 1 aromatic carbocycles. The van der Waals surface area contributed by atoms with Gasteiger partial charge in [0.1, 0.15) is 0 Å². The molecule has 1 radical (unpaired) electrons. The van der Waals surface area contributed by atoms with E-state index in [0.717, 1.165) is 0 Å². The maximum Gasteiger partial charge on any atom is 0.258 e. The number of nitrogens with one attached hydrogen (secondary N) is 1. The zero-order chi connectivity index (χ0) is 7.84. The largest absolute Gasteiger partial charge is 0.288 e. The molecule has 0 unspecified atom stereocenters. The van der Waals surface area contributed by atoms with Gasteiger partial charge in [-0.3, -0.25) is 14.9 Å². The van der Waals surface area contributed by atoms with Crippen LogP contribution in [0.2, 0.25) is 0 Å². The molecule has 1 heterocycles. The van der Waals surface area contributed by atoms with Crippen molar-refractivity contribution >= 4 is 11.8 Å². The molecule has 65 valence electrons. The summed E-state index contributed by atoms with van der Waals surface area (Å²) in [5.74, 6) is -0.601. The molecule has 2 rings (SSSR count). The van der Waals surface area contributed by atoms with Crippen LogP contribution in [0.1, 0.15) is 20.7 Å². The van der Waals surface area contributed by atoms with Crippen LogP contribution in [0.25, 0.3) is 0 Å². The summed E-state index contributed by atoms with van der Waals surface area (Å²) in [7, 11) is 0. The topological polar surface area (TPSA) is 46.2 Å². The number of hydrogen-bond acceptors (Lipinski definition) is 2. The molecule has 1 aromatic rings. The number of fused-ring (bicyclic) bond motifs is 1. The average Bonchev–Trinajstić information content (AvgIpc) is 2.30. The molecule has 3 nitrogen and oxygen atoms in total. The van der Waals surface area contributed by atoms with E-state index in [1.165, 1.54) is 0 Å². The first-order chi connectivity index (χ1) is 5.29. The minimum absolute atomic E-state index is 0. The van der Waals surface area contributed by atoms with E-state index in [4.69, 9.17) is 0 Å². The number of rotatable bonds is 0. The second-order valence-corrected chi connectivity index (χ2v) is 2.33. The van der Waals surface area contributed by atoms with Gasteiger partial charge in [-0.25, -0.2) is 0 Å². The fourth-order valence-corrected chi connectivity index (χ4v) is 1.12. The monoisotopic (exact) mass is 210 g/mol. The molecule has 0 spiro atoms. The molecule has 1 aliphatic heterocycles. The van der Waals surface area contributed by atoms with Gasteiger partial charge >= 0.3 is 0 Å². The molecule has 1 aliphatic rings. The van der Waals surface area contributed by atoms with E-state index >= 15 is 0 Å². The van der Waals surface area contributed by atoms with Gasteiger partial charge < -0.3 is 0 Å². The van der Waals surface area contributed by atoms with Crippen molar-refractivity contribution in [2.75, 3.05) is 0 Å². The third kappa shape index (κ3) is 1.15. The summed E-state index contributed by atoms with van der Waals surface area (Å²) in [4.78, 5) is 21.9. The number of benzene rings is 1. The van der Waals surface area contributed by atoms with E-state index < -0.39 is 0 Å². The van der Waals surface area contributed by atoms with Gasteiger partial charge in [-0.15, -0.1) is 0 Å². The maximum absolute atomic E-state index is 10.9. The Balaban J connectivity index is 0.000000720. The fourth-order valence-electron chi connectivity index (χ4n) is 1.12. The van der Waals surface area contributed by atoms with E-state index in [0.29, 0.717) is 11.1 Å². The van der Waals surface area contributed by atoms with Gasteiger partial charge in [0.2, 0.25) is 0 Å². The Morgan fingerprint density at radius 2 is 1.33 bits per heavy atom. The molecule has 12 heavy (non-hydrogen) atoms. The quantitative estimate of drug-likeness (QED) is 0.503. The first kappa shape index (κ1) is 8.97. The van der Waals surface area contributed by atoms with E-state index in [9.17, 15) is 9.59 Å². The van der Waals surface area contributed by atoms with Crippen LogP contribution in [0, 0.1) is 0 Å². The summed E-state index contributed by atoms with van der Waals surface area (Å²) in [6, 6.07) is 6.74. The van der Waals surface area contributed by atoms with E-state index in [1.807, 2.05) is 0 Å². The van der Waals surface area contributed by atoms with Gasteiger partial charge in [-0.1, -0.05) is 12.1 Å². The Hall–Kier alpha value is -1.12. The number of hydrogen-bond donors (Lipinski definition) is 1. The van der Waals surface area contributed by atoms with Crippen molar-refractivity contribution in [1.29, 1.82) is 0 Å². The molecule has 0 saturated heterocycles. The van der Waals surface area contributed by atoms with Crippen molar-refractivity contribution in [1.82, 2.24) is 5.32 Å². The van der Waals surface area contributed by atoms with Crippen LogP contribution in [0.5, 0.6) is 0 Å². The summed E-state index contributed by atoms with van der Waals surface area (Å²) < 4.78 is 0. The molecular formula is C8H5CuNO2. The zero-order valence-corrected chi connectivity index (χ0v) is 6.87. The number of imide groups is 1. The van der Waals surface area contributed by atoms with Crippen LogP contribution in [0.15, 0.2) is 24.3 Å². The Morgan fingerprint density at radius 3 is 1.75 bits per heavy atom. The zero-order valence-electron chi connectivity index (χ0n) is 5.93. The predicted molar refractivity (Wildman–Crippen MR) is 38.2 cm³/mol. The van der Waals surface area contributed by atoms with Gasteiger partial charge in [0.05, 0.1) is 11.1 Å². The van der Waals surface area contributed by atoms with Crippen LogP contribution in [0.3, 0.4) is 0 Å². The third-order valence-electron chi connectivity index (χ3n) is 1.64. The standard InChI is InChI=1S/C8H5NO2.Cu/c10-7-5-3-1-2-4-6(5)8(11)9-7;/h1-4H,(H,9,10,11);. The van der Waals surface area contributed by atoms with Gasteiger partial charge in [0, 0.05) is 17.1 Å². The van der Waals surface area contributed by atoms with Crippen molar-refractivity contribution in [3.8, 4) is 0 Å². The fraction of sp³-hybridized carbons (Fsp3) is 0. The smallest absolute Gasteiger partial charge is 0.258 e. The third-order valence-corrected chi connectivity index (χ3v) is 1.64. The SMILES string of the molecule is O=C1NC(=O)c2ccccc21.[Cu]. The van der Waals surface area contributed by atoms with E-state index in [1.54, 1.807) is 24.3 Å². The summed E-state index contributed by atoms with van der Waals surface area (Å²) >= 11 is 0. The molecule has 0 saturated carbocycles. The van der Waals surface area contributed by atoms with Gasteiger partial charge in [-0.05, 0) is 12.1 Å². The minimum Gasteiger partial charge on any atom is -0.288 e. The van der Waals surface area contributed by atoms with Crippen LogP contribution in [-0.2, 0) is 17.1 Å². The van der Waals surface area contributed by atoms with Crippen LogP contribution in [0.4, 0.5) is 0 Å². The average molecular weight is 211 g/mol. The molecular weight excluding hydrogens is 206 g/mol. The van der Waals surface area contributed by atoms with Crippen molar-refractivity contribution < 1.29 is 26.7 Å². The summed E-state index contributed by atoms with van der Waals surface area (Å²) in [6.07, 6.45) is 0. The summed E-state index contributed by atoms with van der Waals surface area (Å²) in [6.45, 7) is 0. The van der Waals surface area contributed by atoms with E-state index in [-0.39, 0.29) is 28.9 Å². The van der Waals surface area contributed by atoms with Gasteiger partial charge in [0.15, 0.2) is 0 Å². The molecule has 0 aromatic heterocycles. The summed E-state index contributed by atoms with van der Waals surface area (Å²) in [5.41, 5.74) is 0.940. The molecule has 0 bridgehead atoms. The molecule has 0 aliphatic carbocycles. The van der Waals surface area contributed by atoms with Crippen LogP contribution in [-0.4, -0.2) is 11.8 Å². The van der Waals surface area contributed by atoms with Crippen LogP contribution >= 0.6 is 0 Å². The van der Waals surface area contributed by atoms with Crippen molar-refractivity contribution in [2.24, 2.45) is 0 Å². The molecule has 0 fully saturated rings. The molecule has 4 heteroatoms. The molecule has 0 atom stereocenters. The molecule has 2 amide bonds. The Kier molecular flexibility index (Phi) is 2.31. The first-order valence-electron chi connectivity index (χ1n) is 3.24. The number of amides is 2. The van der Waals surface area contributed by atoms with E-state index in [2.05, 4.69) is 5.32 Å². The second-order valence-electron chi connectivity index (χ2n) is 2.33. The Morgan fingerprint density at radius 1 is 0.917 bits per heavy atom. The van der Waals surface area contributed by atoms with Crippen molar-refractivity contribution in [3.63, 3.8) is 0 Å². The molecule has 1 N–H and O–H groups in total. The normalized spacial score (nSPS) is 13.3. The number of carbonyl (C=O) groups excluding carboxylic acids is 2. The number of carbonyl (C=O) groups is 2. The maximum atomic E-state index is 10.9. The second kappa shape index (κ2) is 3.09. The van der Waals surface area contributed by atoms with Crippen LogP contribution < -0.4 is 5.32 Å². The van der Waals surface area contributed by atoms with Gasteiger partial charge in [0.25, 0.3) is 11.8 Å². The van der Waals surface area contributed by atoms with Crippen molar-refractivity contribution in [2.45, 2.75) is 0 Å². The minimum atomic E-state index is -0.300. The Bertz CT molecular complexity index is 316. The Labute approximate surface area is 79.6 Å². The van der Waals surface area contributed by atoms with Gasteiger partial charge in [-0.2, -0.15) is 0 Å².